The third-order valence-electron chi connectivity index (χ3n) is 4.14. The Morgan fingerprint density at radius 2 is 1.68 bits per heavy atom. The summed E-state index contributed by atoms with van der Waals surface area (Å²) in [5.74, 6) is 2.07. The predicted octanol–water partition coefficient (Wildman–Crippen LogP) is 5.31. The minimum atomic E-state index is -0.190. The number of aryl methyl sites for hydroxylation is 1. The van der Waals surface area contributed by atoms with Crippen LogP contribution in [-0.4, -0.2) is 19.6 Å². The quantitative estimate of drug-likeness (QED) is 0.527. The molecular weight excluding hydrogens is 370 g/mol. The molecule has 3 aromatic rings. The largest absolute Gasteiger partial charge is 0.497 e. The van der Waals surface area contributed by atoms with Crippen molar-refractivity contribution >= 4 is 23.4 Å². The topological polar surface area (TPSA) is 47.6 Å². The Kier molecular flexibility index (Phi) is 6.98. The maximum absolute atomic E-state index is 12.2. The molecule has 0 atom stereocenters. The van der Waals surface area contributed by atoms with E-state index in [1.165, 1.54) is 10.5 Å². The second-order valence-corrected chi connectivity index (χ2v) is 7.31. The molecule has 0 aromatic heterocycles. The highest BCUT2D eigenvalue weighted by atomic mass is 32.2. The first-order valence-electron chi connectivity index (χ1n) is 8.98. The lowest BCUT2D eigenvalue weighted by molar-refractivity contribution is -0.118. The number of hydrogen-bond acceptors (Lipinski definition) is 4. The van der Waals surface area contributed by atoms with Crippen molar-refractivity contribution < 1.29 is 14.3 Å². The van der Waals surface area contributed by atoms with Gasteiger partial charge >= 0.3 is 0 Å². The average molecular weight is 394 g/mol. The predicted molar refractivity (Wildman–Crippen MR) is 114 cm³/mol. The lowest BCUT2D eigenvalue weighted by Gasteiger charge is -2.11. The van der Waals surface area contributed by atoms with Crippen LogP contribution < -0.4 is 14.8 Å². The van der Waals surface area contributed by atoms with Gasteiger partial charge in [0.25, 0.3) is 5.91 Å². The van der Waals surface area contributed by atoms with Gasteiger partial charge in [-0.05, 0) is 60.5 Å². The molecule has 5 heteroatoms. The number of carbonyl (C=O) groups is 1. The van der Waals surface area contributed by atoms with Crippen LogP contribution in [0, 0.1) is 6.92 Å². The van der Waals surface area contributed by atoms with E-state index in [1.54, 1.807) is 43.1 Å². The van der Waals surface area contributed by atoms with Gasteiger partial charge in [-0.3, -0.25) is 4.79 Å². The van der Waals surface area contributed by atoms with Crippen molar-refractivity contribution in [3.8, 4) is 11.5 Å². The standard InChI is InChI=1S/C23H23NO3S/c1-17-14-18(16-28-21-6-4-3-5-7-21)8-13-22(17)24-23(25)15-27-20-11-9-19(26-2)10-12-20/h3-14H,15-16H2,1-2H3,(H,24,25). The Morgan fingerprint density at radius 3 is 2.36 bits per heavy atom. The number of carbonyl (C=O) groups excluding carboxylic acids is 1. The van der Waals surface area contributed by atoms with Crippen LogP contribution in [0.1, 0.15) is 11.1 Å². The molecule has 1 N–H and O–H groups in total. The van der Waals surface area contributed by atoms with Crippen LogP contribution in [0.25, 0.3) is 0 Å². The van der Waals surface area contributed by atoms with E-state index >= 15 is 0 Å². The normalized spacial score (nSPS) is 10.4. The van der Waals surface area contributed by atoms with Gasteiger partial charge in [0.05, 0.1) is 7.11 Å². The molecule has 1 amide bonds. The van der Waals surface area contributed by atoms with Crippen molar-refractivity contribution in [1.29, 1.82) is 0 Å². The van der Waals surface area contributed by atoms with E-state index in [4.69, 9.17) is 9.47 Å². The molecule has 4 nitrogen and oxygen atoms in total. The van der Waals surface area contributed by atoms with E-state index in [0.717, 1.165) is 22.8 Å². The molecule has 0 radical (unpaired) electrons. The van der Waals surface area contributed by atoms with Crippen molar-refractivity contribution in [3.63, 3.8) is 0 Å². The summed E-state index contributed by atoms with van der Waals surface area (Å²) in [6.07, 6.45) is 0. The zero-order chi connectivity index (χ0) is 19.8. The van der Waals surface area contributed by atoms with Gasteiger partial charge < -0.3 is 14.8 Å². The van der Waals surface area contributed by atoms with Crippen molar-refractivity contribution in [2.24, 2.45) is 0 Å². The average Bonchev–Trinajstić information content (AvgIpc) is 2.73. The number of methoxy groups -OCH3 is 1. The second kappa shape index (κ2) is 9.85. The van der Waals surface area contributed by atoms with E-state index in [-0.39, 0.29) is 12.5 Å². The Hall–Kier alpha value is -2.92. The van der Waals surface area contributed by atoms with Gasteiger partial charge in [-0.25, -0.2) is 0 Å². The molecule has 3 aromatic carbocycles. The molecule has 0 saturated carbocycles. The fraction of sp³-hybridized carbons (Fsp3) is 0.174. The molecular formula is C23H23NO3S. The second-order valence-electron chi connectivity index (χ2n) is 6.26. The van der Waals surface area contributed by atoms with Crippen LogP contribution in [0.4, 0.5) is 5.69 Å². The maximum atomic E-state index is 12.2. The van der Waals surface area contributed by atoms with Gasteiger partial charge in [-0.2, -0.15) is 0 Å². The highest BCUT2D eigenvalue weighted by Crippen LogP contribution is 2.25. The summed E-state index contributed by atoms with van der Waals surface area (Å²) in [6.45, 7) is 1.95. The van der Waals surface area contributed by atoms with E-state index < -0.39 is 0 Å². The minimum Gasteiger partial charge on any atom is -0.497 e. The first-order valence-corrected chi connectivity index (χ1v) is 9.96. The summed E-state index contributed by atoms with van der Waals surface area (Å²) in [5.41, 5.74) is 3.06. The zero-order valence-corrected chi connectivity index (χ0v) is 16.8. The molecule has 0 aliphatic heterocycles. The van der Waals surface area contributed by atoms with Crippen LogP contribution in [0.2, 0.25) is 0 Å². The number of rotatable bonds is 8. The van der Waals surface area contributed by atoms with Crippen molar-refractivity contribution in [3.05, 3.63) is 83.9 Å². The molecule has 0 aliphatic rings. The van der Waals surface area contributed by atoms with E-state index in [9.17, 15) is 4.79 Å². The summed E-state index contributed by atoms with van der Waals surface area (Å²) >= 11 is 1.79. The molecule has 0 fully saturated rings. The number of ether oxygens (including phenoxy) is 2. The van der Waals surface area contributed by atoms with Gasteiger partial charge in [-0.1, -0.05) is 30.3 Å². The van der Waals surface area contributed by atoms with E-state index in [2.05, 4.69) is 23.5 Å². The molecule has 0 spiro atoms. The fourth-order valence-electron chi connectivity index (χ4n) is 2.65. The molecule has 0 aliphatic carbocycles. The van der Waals surface area contributed by atoms with Gasteiger partial charge in [0.15, 0.2) is 6.61 Å². The highest BCUT2D eigenvalue weighted by Gasteiger charge is 2.07. The van der Waals surface area contributed by atoms with Gasteiger partial charge in [0.2, 0.25) is 0 Å². The zero-order valence-electron chi connectivity index (χ0n) is 16.0. The Labute approximate surface area is 169 Å². The van der Waals surface area contributed by atoms with Crippen molar-refractivity contribution in [2.45, 2.75) is 17.6 Å². The number of anilines is 1. The first-order chi connectivity index (χ1) is 13.6. The van der Waals surface area contributed by atoms with Crippen LogP contribution in [0.3, 0.4) is 0 Å². The van der Waals surface area contributed by atoms with Crippen LogP contribution >= 0.6 is 11.8 Å². The maximum Gasteiger partial charge on any atom is 0.262 e. The number of benzene rings is 3. The molecule has 0 saturated heterocycles. The SMILES string of the molecule is COc1ccc(OCC(=O)Nc2ccc(CSc3ccccc3)cc2C)cc1. The monoisotopic (exact) mass is 393 g/mol. The van der Waals surface area contributed by atoms with Crippen molar-refractivity contribution in [1.82, 2.24) is 0 Å². The number of hydrogen-bond donors (Lipinski definition) is 1. The van der Waals surface area contributed by atoms with Gasteiger partial charge in [-0.15, -0.1) is 11.8 Å². The van der Waals surface area contributed by atoms with Gasteiger partial charge in [0, 0.05) is 16.3 Å². The summed E-state index contributed by atoms with van der Waals surface area (Å²) in [4.78, 5) is 13.4. The van der Waals surface area contributed by atoms with Gasteiger partial charge in [0.1, 0.15) is 11.5 Å². The Bertz CT molecular complexity index is 911. The fourth-order valence-corrected chi connectivity index (χ4v) is 3.51. The summed E-state index contributed by atoms with van der Waals surface area (Å²) < 4.78 is 10.6. The number of nitrogens with one attached hydrogen (secondary N) is 1. The Balaban J connectivity index is 1.51. The molecule has 28 heavy (non-hydrogen) atoms. The van der Waals surface area contributed by atoms with E-state index in [0.29, 0.717) is 5.75 Å². The minimum absolute atomic E-state index is 0.0443. The summed E-state index contributed by atoms with van der Waals surface area (Å²) in [6, 6.07) is 23.6. The van der Waals surface area contributed by atoms with Crippen LogP contribution in [0.15, 0.2) is 77.7 Å². The molecule has 144 valence electrons. The smallest absolute Gasteiger partial charge is 0.262 e. The third-order valence-corrected chi connectivity index (χ3v) is 5.23. The number of amides is 1. The third kappa shape index (κ3) is 5.79. The highest BCUT2D eigenvalue weighted by molar-refractivity contribution is 7.98. The summed E-state index contributed by atoms with van der Waals surface area (Å²) in [7, 11) is 1.61. The van der Waals surface area contributed by atoms with E-state index in [1.807, 2.05) is 37.3 Å². The molecule has 0 bridgehead atoms. The molecule has 0 heterocycles. The van der Waals surface area contributed by atoms with Crippen LogP contribution in [-0.2, 0) is 10.5 Å². The lowest BCUT2D eigenvalue weighted by Crippen LogP contribution is -2.20. The molecule has 0 unspecified atom stereocenters. The lowest BCUT2D eigenvalue weighted by atomic mass is 10.1. The summed E-state index contributed by atoms with van der Waals surface area (Å²) in [5, 5.41) is 2.91. The van der Waals surface area contributed by atoms with Crippen LogP contribution in [0.5, 0.6) is 11.5 Å². The first kappa shape index (κ1) is 19.8. The van der Waals surface area contributed by atoms with Crippen molar-refractivity contribution in [2.75, 3.05) is 19.0 Å². The molecule has 3 rings (SSSR count). The Morgan fingerprint density at radius 1 is 0.964 bits per heavy atom. The number of thioether (sulfide) groups is 1.